The van der Waals surface area contributed by atoms with E-state index < -0.39 is 6.04 Å². The van der Waals surface area contributed by atoms with Gasteiger partial charge in [0.05, 0.1) is 0 Å². The molecular weight excluding hydrogens is 180 g/mol. The van der Waals surface area contributed by atoms with Crippen LogP contribution in [0.2, 0.25) is 0 Å². The van der Waals surface area contributed by atoms with Crippen LogP contribution >= 0.6 is 0 Å². The largest absolute Gasteiger partial charge is 0.288 e. The summed E-state index contributed by atoms with van der Waals surface area (Å²) in [6.07, 6.45) is 3.13. The predicted molar refractivity (Wildman–Crippen MR) is 58.5 cm³/mol. The smallest absolute Gasteiger partial charge is 0.234 e. The van der Waals surface area contributed by atoms with Crippen LogP contribution < -0.4 is 0 Å². The van der Waals surface area contributed by atoms with Crippen LogP contribution in [0.15, 0.2) is 4.99 Å². The second kappa shape index (κ2) is 6.51. The topological polar surface area (TPSA) is 55.5 Å². The molecule has 0 rings (SSSR count). The number of aliphatic imine (C=N–C) groups is 1. The Labute approximate surface area is 85.6 Å². The molecule has 4 heteroatoms. The van der Waals surface area contributed by atoms with Crippen LogP contribution in [-0.4, -0.2) is 23.2 Å². The van der Waals surface area contributed by atoms with Gasteiger partial charge >= 0.3 is 0 Å². The summed E-state index contributed by atoms with van der Waals surface area (Å²) in [7, 11) is 0. The van der Waals surface area contributed by atoms with Crippen LogP contribution in [0.3, 0.4) is 0 Å². The SMILES string of the molecule is CC=N[C@@H](C)[C@H](CCC(C)C)[N+](=O)[O-]. The van der Waals surface area contributed by atoms with Crippen molar-refractivity contribution in [2.24, 2.45) is 10.9 Å². The Kier molecular flexibility index (Phi) is 6.08. The van der Waals surface area contributed by atoms with Gasteiger partial charge in [0.1, 0.15) is 6.04 Å². The molecule has 0 spiro atoms. The lowest BCUT2D eigenvalue weighted by Crippen LogP contribution is -2.30. The molecule has 0 bridgehead atoms. The van der Waals surface area contributed by atoms with Crippen molar-refractivity contribution >= 4 is 6.21 Å². The summed E-state index contributed by atoms with van der Waals surface area (Å²) in [6, 6.07) is -0.748. The molecule has 0 aromatic heterocycles. The molecule has 0 aromatic rings. The molecular formula is C10H20N2O2. The fourth-order valence-corrected chi connectivity index (χ4v) is 1.36. The van der Waals surface area contributed by atoms with Crippen molar-refractivity contribution < 1.29 is 4.92 Å². The Balaban J connectivity index is 4.21. The minimum Gasteiger partial charge on any atom is -0.288 e. The predicted octanol–water partition coefficient (Wildman–Crippen LogP) is 2.55. The molecule has 0 aliphatic carbocycles. The van der Waals surface area contributed by atoms with E-state index in [-0.39, 0.29) is 11.0 Å². The van der Waals surface area contributed by atoms with Crippen molar-refractivity contribution in [3.63, 3.8) is 0 Å². The first kappa shape index (κ1) is 13.1. The van der Waals surface area contributed by atoms with Crippen molar-refractivity contribution in [3.8, 4) is 0 Å². The minimum absolute atomic E-state index is 0.208. The number of hydrogen-bond acceptors (Lipinski definition) is 3. The molecule has 0 aromatic carbocycles. The van der Waals surface area contributed by atoms with Gasteiger partial charge in [-0.1, -0.05) is 13.8 Å². The van der Waals surface area contributed by atoms with Gasteiger partial charge < -0.3 is 0 Å². The van der Waals surface area contributed by atoms with E-state index in [1.165, 1.54) is 0 Å². The highest BCUT2D eigenvalue weighted by Crippen LogP contribution is 2.13. The Morgan fingerprint density at radius 1 is 1.36 bits per heavy atom. The first-order valence-corrected chi connectivity index (χ1v) is 5.10. The summed E-state index contributed by atoms with van der Waals surface area (Å²) in [5.41, 5.74) is 0. The summed E-state index contributed by atoms with van der Waals surface area (Å²) < 4.78 is 0. The average molecular weight is 200 g/mol. The van der Waals surface area contributed by atoms with E-state index in [2.05, 4.69) is 18.8 Å². The molecule has 82 valence electrons. The molecule has 14 heavy (non-hydrogen) atoms. The Hall–Kier alpha value is -0.930. The van der Waals surface area contributed by atoms with E-state index in [4.69, 9.17) is 0 Å². The summed E-state index contributed by atoms with van der Waals surface area (Å²) in [6.45, 7) is 7.74. The van der Waals surface area contributed by atoms with Gasteiger partial charge in [0.25, 0.3) is 0 Å². The van der Waals surface area contributed by atoms with Crippen molar-refractivity contribution in [1.82, 2.24) is 0 Å². The first-order valence-electron chi connectivity index (χ1n) is 5.10. The first-order chi connectivity index (χ1) is 6.49. The van der Waals surface area contributed by atoms with Crippen molar-refractivity contribution in [2.45, 2.75) is 52.6 Å². The molecule has 0 amide bonds. The lowest BCUT2D eigenvalue weighted by atomic mass is 10.00. The average Bonchev–Trinajstić information content (AvgIpc) is 2.03. The highest BCUT2D eigenvalue weighted by atomic mass is 16.6. The van der Waals surface area contributed by atoms with E-state index in [1.807, 2.05) is 0 Å². The second-order valence-corrected chi connectivity index (χ2v) is 3.97. The van der Waals surface area contributed by atoms with E-state index in [0.717, 1.165) is 6.42 Å². The van der Waals surface area contributed by atoms with E-state index in [9.17, 15) is 10.1 Å². The summed E-state index contributed by atoms with van der Waals surface area (Å²) in [4.78, 5) is 14.6. The molecule has 0 saturated carbocycles. The monoisotopic (exact) mass is 200 g/mol. The van der Waals surface area contributed by atoms with Gasteiger partial charge in [0.15, 0.2) is 0 Å². The Morgan fingerprint density at radius 3 is 2.29 bits per heavy atom. The maximum atomic E-state index is 10.8. The number of rotatable bonds is 6. The van der Waals surface area contributed by atoms with Gasteiger partial charge in [-0.05, 0) is 32.4 Å². The standard InChI is InChI=1S/C10H20N2O2/c1-5-11-9(4)10(12(13)14)7-6-8(2)3/h5,8-10H,6-7H2,1-4H3/t9-,10-/m0/s1. The van der Waals surface area contributed by atoms with Crippen molar-refractivity contribution in [1.29, 1.82) is 0 Å². The summed E-state index contributed by atoms with van der Waals surface area (Å²) >= 11 is 0. The molecule has 0 N–H and O–H groups in total. The zero-order valence-corrected chi connectivity index (χ0v) is 9.43. The van der Waals surface area contributed by atoms with E-state index >= 15 is 0 Å². The zero-order chi connectivity index (χ0) is 11.1. The third-order valence-electron chi connectivity index (χ3n) is 2.25. The molecule has 0 fully saturated rings. The molecule has 0 aliphatic heterocycles. The Bertz CT molecular complexity index is 202. The summed E-state index contributed by atoms with van der Waals surface area (Å²) in [5, 5.41) is 10.8. The van der Waals surface area contributed by atoms with Gasteiger partial charge in [0, 0.05) is 11.3 Å². The van der Waals surface area contributed by atoms with Gasteiger partial charge in [-0.25, -0.2) is 0 Å². The Morgan fingerprint density at radius 2 is 1.93 bits per heavy atom. The molecule has 0 aliphatic rings. The van der Waals surface area contributed by atoms with Gasteiger partial charge in [-0.15, -0.1) is 0 Å². The van der Waals surface area contributed by atoms with Crippen LogP contribution in [-0.2, 0) is 0 Å². The normalized spacial score (nSPS) is 16.1. The molecule has 4 nitrogen and oxygen atoms in total. The van der Waals surface area contributed by atoms with Gasteiger partial charge in [-0.3, -0.25) is 15.1 Å². The van der Waals surface area contributed by atoms with Crippen LogP contribution in [0, 0.1) is 16.0 Å². The van der Waals surface area contributed by atoms with Crippen LogP contribution in [0.25, 0.3) is 0 Å². The molecule has 2 atom stereocenters. The van der Waals surface area contributed by atoms with Gasteiger partial charge in [-0.2, -0.15) is 0 Å². The lowest BCUT2D eigenvalue weighted by Gasteiger charge is -2.14. The molecule has 0 radical (unpaired) electrons. The second-order valence-electron chi connectivity index (χ2n) is 3.97. The fraction of sp³-hybridized carbons (Fsp3) is 0.900. The zero-order valence-electron chi connectivity index (χ0n) is 9.43. The fourth-order valence-electron chi connectivity index (χ4n) is 1.36. The van der Waals surface area contributed by atoms with Crippen molar-refractivity contribution in [2.75, 3.05) is 0 Å². The number of hydrogen-bond donors (Lipinski definition) is 0. The molecule has 0 heterocycles. The maximum Gasteiger partial charge on any atom is 0.234 e. The molecule has 0 unspecified atom stereocenters. The third-order valence-corrected chi connectivity index (χ3v) is 2.25. The van der Waals surface area contributed by atoms with Crippen LogP contribution in [0.1, 0.15) is 40.5 Å². The van der Waals surface area contributed by atoms with Crippen molar-refractivity contribution in [3.05, 3.63) is 10.1 Å². The van der Waals surface area contributed by atoms with E-state index in [0.29, 0.717) is 12.3 Å². The van der Waals surface area contributed by atoms with Gasteiger partial charge in [0.2, 0.25) is 6.04 Å². The maximum absolute atomic E-state index is 10.8. The third kappa shape index (κ3) is 4.94. The van der Waals surface area contributed by atoms with Crippen LogP contribution in [0.4, 0.5) is 0 Å². The lowest BCUT2D eigenvalue weighted by molar-refractivity contribution is -0.526. The van der Waals surface area contributed by atoms with E-state index in [1.54, 1.807) is 20.1 Å². The summed E-state index contributed by atoms with van der Waals surface area (Å²) in [5.74, 6) is 0.509. The van der Waals surface area contributed by atoms with Crippen LogP contribution in [0.5, 0.6) is 0 Å². The highest BCUT2D eigenvalue weighted by molar-refractivity contribution is 5.53. The number of nitrogens with zero attached hydrogens (tertiary/aromatic N) is 2. The molecule has 0 saturated heterocycles. The minimum atomic E-state index is -0.534. The highest BCUT2D eigenvalue weighted by Gasteiger charge is 2.26. The number of nitro groups is 1. The quantitative estimate of drug-likeness (QED) is 0.376.